The molecule has 0 saturated heterocycles. The molecule has 0 atom stereocenters. The van der Waals surface area contributed by atoms with Gasteiger partial charge in [-0.25, -0.2) is 0 Å². The summed E-state index contributed by atoms with van der Waals surface area (Å²) in [5.74, 6) is 1.84. The molecule has 0 bridgehead atoms. The fourth-order valence-corrected chi connectivity index (χ4v) is 3.65. The average Bonchev–Trinajstić information content (AvgIpc) is 2.94. The molecule has 0 spiro atoms. The van der Waals surface area contributed by atoms with Crippen molar-refractivity contribution in [1.82, 2.24) is 15.0 Å². The summed E-state index contributed by atoms with van der Waals surface area (Å²) in [5, 5.41) is 11.4. The lowest BCUT2D eigenvalue weighted by atomic mass is 10.2. The summed E-state index contributed by atoms with van der Waals surface area (Å²) in [4.78, 5) is 13.5. The minimum absolute atomic E-state index is 0.367. The Bertz CT molecular complexity index is 1450. The van der Waals surface area contributed by atoms with Crippen LogP contribution in [0.1, 0.15) is 11.4 Å². The molecule has 0 aliphatic rings. The van der Waals surface area contributed by atoms with E-state index in [0.29, 0.717) is 35.1 Å². The average molecular weight is 522 g/mol. The van der Waals surface area contributed by atoms with Crippen molar-refractivity contribution >= 4 is 46.8 Å². The highest BCUT2D eigenvalue weighted by molar-refractivity contribution is 6.31. The van der Waals surface area contributed by atoms with Crippen LogP contribution in [-0.2, 0) is 6.61 Å². The van der Waals surface area contributed by atoms with Crippen molar-refractivity contribution < 1.29 is 4.74 Å². The fourth-order valence-electron chi connectivity index (χ4n) is 3.46. The number of benzene rings is 4. The maximum Gasteiger partial charge on any atom is 0.232 e. The predicted molar refractivity (Wildman–Crippen MR) is 153 cm³/mol. The lowest BCUT2D eigenvalue weighted by molar-refractivity contribution is 0.306. The highest BCUT2D eigenvalue weighted by Crippen LogP contribution is 2.21. The quantitative estimate of drug-likeness (QED) is 0.134. The molecule has 5 aromatic rings. The molecular formula is C29H24ClN7O. The van der Waals surface area contributed by atoms with E-state index in [1.807, 2.05) is 109 Å². The van der Waals surface area contributed by atoms with E-state index >= 15 is 0 Å². The molecule has 0 saturated carbocycles. The molecule has 0 fully saturated rings. The molecule has 0 aliphatic carbocycles. The van der Waals surface area contributed by atoms with E-state index < -0.39 is 0 Å². The summed E-state index contributed by atoms with van der Waals surface area (Å²) < 4.78 is 5.90. The molecule has 188 valence electrons. The van der Waals surface area contributed by atoms with Crippen molar-refractivity contribution in [3.05, 3.63) is 126 Å². The Hall–Kier alpha value is -4.95. The minimum atomic E-state index is 0.367. The van der Waals surface area contributed by atoms with Crippen LogP contribution in [0.4, 0.5) is 29.0 Å². The molecule has 1 aromatic heterocycles. The van der Waals surface area contributed by atoms with Gasteiger partial charge in [-0.3, -0.25) is 5.43 Å². The Morgan fingerprint density at radius 1 is 0.684 bits per heavy atom. The van der Waals surface area contributed by atoms with Gasteiger partial charge in [-0.05, 0) is 42.5 Å². The molecule has 4 aromatic carbocycles. The van der Waals surface area contributed by atoms with Crippen LogP contribution in [0.3, 0.4) is 0 Å². The van der Waals surface area contributed by atoms with Gasteiger partial charge in [-0.1, -0.05) is 72.3 Å². The number of hydrogen-bond donors (Lipinski definition) is 3. The smallest absolute Gasteiger partial charge is 0.232 e. The minimum Gasteiger partial charge on any atom is -0.489 e. The number of nitrogens with zero attached hydrogens (tertiary/aromatic N) is 4. The van der Waals surface area contributed by atoms with E-state index in [2.05, 4.69) is 36.1 Å². The number of para-hydroxylation sites is 2. The van der Waals surface area contributed by atoms with Gasteiger partial charge in [0.05, 0.1) is 11.9 Å². The van der Waals surface area contributed by atoms with Crippen molar-refractivity contribution in [2.45, 2.75) is 6.61 Å². The van der Waals surface area contributed by atoms with Crippen LogP contribution in [-0.4, -0.2) is 21.2 Å². The van der Waals surface area contributed by atoms with Gasteiger partial charge in [-0.15, -0.1) is 0 Å². The number of rotatable bonds is 10. The Morgan fingerprint density at radius 2 is 1.29 bits per heavy atom. The molecule has 0 amide bonds. The van der Waals surface area contributed by atoms with Gasteiger partial charge < -0.3 is 15.4 Å². The van der Waals surface area contributed by atoms with Crippen LogP contribution in [0.5, 0.6) is 5.75 Å². The summed E-state index contributed by atoms with van der Waals surface area (Å²) in [6.45, 7) is 0.367. The number of hydrazone groups is 1. The molecule has 1 heterocycles. The normalized spacial score (nSPS) is 10.8. The van der Waals surface area contributed by atoms with E-state index in [4.69, 9.17) is 16.3 Å². The van der Waals surface area contributed by atoms with E-state index in [1.54, 1.807) is 0 Å². The zero-order valence-electron chi connectivity index (χ0n) is 20.3. The summed E-state index contributed by atoms with van der Waals surface area (Å²) in [6, 6.07) is 34.5. The number of aromatic nitrogens is 3. The largest absolute Gasteiger partial charge is 0.489 e. The first kappa shape index (κ1) is 24.7. The molecule has 0 aliphatic heterocycles. The number of anilines is 5. The monoisotopic (exact) mass is 521 g/mol. The Labute approximate surface area is 225 Å². The number of nitrogens with one attached hydrogen (secondary N) is 3. The summed E-state index contributed by atoms with van der Waals surface area (Å²) in [6.07, 6.45) is 1.53. The fraction of sp³-hybridized carbons (Fsp3) is 0.0345. The summed E-state index contributed by atoms with van der Waals surface area (Å²) >= 11 is 6.22. The van der Waals surface area contributed by atoms with Gasteiger partial charge in [-0.2, -0.15) is 20.1 Å². The van der Waals surface area contributed by atoms with E-state index in [0.717, 1.165) is 22.6 Å². The molecule has 0 radical (unpaired) electrons. The molecule has 3 N–H and O–H groups in total. The highest BCUT2D eigenvalue weighted by Gasteiger charge is 2.07. The molecule has 5 rings (SSSR count). The van der Waals surface area contributed by atoms with Crippen LogP contribution in [0.15, 0.2) is 114 Å². The second-order valence-electron chi connectivity index (χ2n) is 8.10. The third-order valence-corrected chi connectivity index (χ3v) is 5.64. The first-order valence-corrected chi connectivity index (χ1v) is 12.2. The Kier molecular flexibility index (Phi) is 8.03. The lowest BCUT2D eigenvalue weighted by Gasteiger charge is -2.10. The highest BCUT2D eigenvalue weighted by atomic mass is 35.5. The first-order chi connectivity index (χ1) is 18.7. The van der Waals surface area contributed by atoms with Crippen molar-refractivity contribution in [3.63, 3.8) is 0 Å². The van der Waals surface area contributed by atoms with Crippen molar-refractivity contribution in [1.29, 1.82) is 0 Å². The van der Waals surface area contributed by atoms with Gasteiger partial charge in [0.1, 0.15) is 12.4 Å². The number of halogens is 1. The van der Waals surface area contributed by atoms with Gasteiger partial charge in [0, 0.05) is 28.0 Å². The predicted octanol–water partition coefficient (Wildman–Crippen LogP) is 7.04. The Balaban J connectivity index is 1.29. The SMILES string of the molecule is Clc1ccccc1COc1cccc(N/N=C\c2nc(Nc3ccccc3)nc(Nc3ccccc3)n2)c1. The van der Waals surface area contributed by atoms with Gasteiger partial charge in [0.15, 0.2) is 5.82 Å². The van der Waals surface area contributed by atoms with Crippen molar-refractivity contribution in [2.24, 2.45) is 5.10 Å². The third kappa shape index (κ3) is 7.05. The van der Waals surface area contributed by atoms with E-state index in [-0.39, 0.29) is 0 Å². The number of ether oxygens (including phenoxy) is 1. The van der Waals surface area contributed by atoms with Crippen LogP contribution in [0, 0.1) is 0 Å². The second-order valence-corrected chi connectivity index (χ2v) is 8.51. The molecule has 0 unspecified atom stereocenters. The van der Waals surface area contributed by atoms with Gasteiger partial charge in [0.2, 0.25) is 11.9 Å². The topological polar surface area (TPSA) is 96.4 Å². The maximum absolute atomic E-state index is 6.22. The number of hydrogen-bond acceptors (Lipinski definition) is 8. The lowest BCUT2D eigenvalue weighted by Crippen LogP contribution is -2.07. The van der Waals surface area contributed by atoms with Crippen LogP contribution >= 0.6 is 11.6 Å². The van der Waals surface area contributed by atoms with Gasteiger partial charge in [0.25, 0.3) is 0 Å². The van der Waals surface area contributed by atoms with E-state index in [9.17, 15) is 0 Å². The second kappa shape index (κ2) is 12.3. The Morgan fingerprint density at radius 3 is 1.95 bits per heavy atom. The third-order valence-electron chi connectivity index (χ3n) is 5.27. The first-order valence-electron chi connectivity index (χ1n) is 11.9. The van der Waals surface area contributed by atoms with Crippen molar-refractivity contribution in [3.8, 4) is 5.75 Å². The summed E-state index contributed by atoms with van der Waals surface area (Å²) in [5.41, 5.74) is 6.39. The molecule has 38 heavy (non-hydrogen) atoms. The zero-order valence-corrected chi connectivity index (χ0v) is 21.0. The van der Waals surface area contributed by atoms with E-state index in [1.165, 1.54) is 6.21 Å². The molecular weight excluding hydrogens is 498 g/mol. The van der Waals surface area contributed by atoms with Crippen LogP contribution in [0.25, 0.3) is 0 Å². The van der Waals surface area contributed by atoms with Crippen molar-refractivity contribution in [2.75, 3.05) is 16.1 Å². The standard InChI is InChI=1S/C29H24ClN7O/c30-26-17-8-7-10-21(26)20-38-25-16-9-15-24(18-25)37-31-19-27-34-28(32-22-11-3-1-4-12-22)36-29(35-27)33-23-13-5-2-6-14-23/h1-19,37H,20H2,(H2,32,33,34,35,36)/b31-19-. The zero-order chi connectivity index (χ0) is 26.0. The van der Waals surface area contributed by atoms with Crippen LogP contribution < -0.4 is 20.8 Å². The summed E-state index contributed by atoms with van der Waals surface area (Å²) in [7, 11) is 0. The molecule has 8 nitrogen and oxygen atoms in total. The van der Waals surface area contributed by atoms with Crippen LogP contribution in [0.2, 0.25) is 5.02 Å². The van der Waals surface area contributed by atoms with Gasteiger partial charge >= 0.3 is 0 Å². The maximum atomic E-state index is 6.22. The molecule has 9 heteroatoms.